The maximum Gasteiger partial charge on any atom is 0.412 e. The molecule has 1 aliphatic carbocycles. The summed E-state index contributed by atoms with van der Waals surface area (Å²) < 4.78 is 37.0. The Balaban J connectivity index is 3.00. The maximum absolute atomic E-state index is 12.2. The first-order chi connectivity index (χ1) is 5.82. The molecule has 0 spiro atoms. The lowest BCUT2D eigenvalue weighted by Gasteiger charge is -2.21. The van der Waals surface area contributed by atoms with E-state index in [4.69, 9.17) is 5.73 Å². The molecule has 2 N–H and O–H groups in total. The summed E-state index contributed by atoms with van der Waals surface area (Å²) in [4.78, 5) is -0.441. The monoisotopic (exact) mass is 319 g/mol. The highest BCUT2D eigenvalue weighted by Gasteiger charge is 2.37. The minimum Gasteiger partial charge on any atom is -0.400 e. The predicted molar refractivity (Wildman–Crippen MR) is 51.6 cm³/mol. The molecular formula is C7H6Br2F3N. The molecule has 0 saturated heterocycles. The summed E-state index contributed by atoms with van der Waals surface area (Å²) in [5, 5.41) is 0. The van der Waals surface area contributed by atoms with E-state index in [1.807, 2.05) is 0 Å². The van der Waals surface area contributed by atoms with Crippen LogP contribution >= 0.6 is 31.9 Å². The molecule has 1 rings (SSSR count). The lowest BCUT2D eigenvalue weighted by molar-refractivity contribution is -0.0939. The average molecular weight is 321 g/mol. The summed E-state index contributed by atoms with van der Waals surface area (Å²) in [7, 11) is 0. The zero-order chi connectivity index (χ0) is 10.2. The second-order valence-electron chi connectivity index (χ2n) is 2.64. The summed E-state index contributed by atoms with van der Waals surface area (Å²) in [5.74, 6) is 0. The quantitative estimate of drug-likeness (QED) is 0.681. The Kier molecular flexibility index (Phi) is 3.12. The Morgan fingerprint density at radius 1 is 1.46 bits per heavy atom. The van der Waals surface area contributed by atoms with Crippen LogP contribution in [0, 0.1) is 0 Å². The summed E-state index contributed by atoms with van der Waals surface area (Å²) >= 11 is 6.05. The second-order valence-corrected chi connectivity index (χ2v) is 4.60. The van der Waals surface area contributed by atoms with Crippen molar-refractivity contribution < 1.29 is 13.2 Å². The van der Waals surface area contributed by atoms with E-state index in [1.54, 1.807) is 0 Å². The Labute approximate surface area is 90.1 Å². The molecule has 74 valence electrons. The smallest absolute Gasteiger partial charge is 0.400 e. The second kappa shape index (κ2) is 3.65. The third-order valence-corrected chi connectivity index (χ3v) is 3.18. The minimum absolute atomic E-state index is 0.121. The van der Waals surface area contributed by atoms with Gasteiger partial charge in [0, 0.05) is 15.8 Å². The SMILES string of the molecule is NC1=C(Br)C=C(C(F)(F)F)CC1Br. The summed E-state index contributed by atoms with van der Waals surface area (Å²) in [6.07, 6.45) is -3.37. The molecular weight excluding hydrogens is 315 g/mol. The molecule has 0 heterocycles. The van der Waals surface area contributed by atoms with E-state index < -0.39 is 16.6 Å². The van der Waals surface area contributed by atoms with Gasteiger partial charge in [0.15, 0.2) is 0 Å². The molecule has 0 aromatic heterocycles. The first-order valence-electron chi connectivity index (χ1n) is 3.39. The molecule has 0 amide bonds. The molecule has 0 saturated carbocycles. The highest BCUT2D eigenvalue weighted by Crippen LogP contribution is 2.38. The van der Waals surface area contributed by atoms with E-state index in [0.717, 1.165) is 6.08 Å². The Morgan fingerprint density at radius 2 is 2.00 bits per heavy atom. The highest BCUT2D eigenvalue weighted by molar-refractivity contribution is 9.12. The zero-order valence-corrected chi connectivity index (χ0v) is 9.50. The van der Waals surface area contributed by atoms with Gasteiger partial charge < -0.3 is 5.73 Å². The molecule has 0 aromatic rings. The molecule has 1 atom stereocenters. The fourth-order valence-electron chi connectivity index (χ4n) is 0.945. The fourth-order valence-corrected chi connectivity index (χ4v) is 2.40. The number of nitrogens with two attached hydrogens (primary N) is 1. The van der Waals surface area contributed by atoms with Crippen LogP contribution in [0.5, 0.6) is 0 Å². The minimum atomic E-state index is -4.27. The van der Waals surface area contributed by atoms with Crippen LogP contribution in [0.1, 0.15) is 6.42 Å². The number of hydrogen-bond acceptors (Lipinski definition) is 1. The van der Waals surface area contributed by atoms with Crippen LogP contribution in [0.2, 0.25) is 0 Å². The van der Waals surface area contributed by atoms with Gasteiger partial charge >= 0.3 is 6.18 Å². The van der Waals surface area contributed by atoms with E-state index in [2.05, 4.69) is 31.9 Å². The van der Waals surface area contributed by atoms with Crippen molar-refractivity contribution in [1.29, 1.82) is 0 Å². The molecule has 1 nitrogen and oxygen atoms in total. The van der Waals surface area contributed by atoms with E-state index >= 15 is 0 Å². The number of alkyl halides is 4. The molecule has 0 fully saturated rings. The van der Waals surface area contributed by atoms with Gasteiger partial charge in [-0.1, -0.05) is 15.9 Å². The molecule has 0 radical (unpaired) electrons. The molecule has 0 aromatic carbocycles. The first-order valence-corrected chi connectivity index (χ1v) is 5.10. The van der Waals surface area contributed by atoms with Crippen LogP contribution in [0.3, 0.4) is 0 Å². The molecule has 1 unspecified atom stereocenters. The summed E-state index contributed by atoms with van der Waals surface area (Å²) in [6, 6.07) is 0. The van der Waals surface area contributed by atoms with E-state index in [0.29, 0.717) is 10.2 Å². The van der Waals surface area contributed by atoms with Crippen molar-refractivity contribution in [2.75, 3.05) is 0 Å². The van der Waals surface area contributed by atoms with E-state index in [9.17, 15) is 13.2 Å². The zero-order valence-electron chi connectivity index (χ0n) is 6.33. The normalized spacial score (nSPS) is 24.7. The third kappa shape index (κ3) is 2.49. The van der Waals surface area contributed by atoms with Gasteiger partial charge in [-0.25, -0.2) is 0 Å². The number of hydrogen-bond donors (Lipinski definition) is 1. The van der Waals surface area contributed by atoms with E-state index in [-0.39, 0.29) is 6.42 Å². The van der Waals surface area contributed by atoms with Crippen molar-refractivity contribution in [3.63, 3.8) is 0 Å². The average Bonchev–Trinajstić information content (AvgIpc) is 1.97. The number of allylic oxidation sites excluding steroid dienone is 4. The van der Waals surface area contributed by atoms with Crippen molar-refractivity contribution in [1.82, 2.24) is 0 Å². The predicted octanol–water partition coefficient (Wildman–Crippen LogP) is 3.21. The third-order valence-electron chi connectivity index (χ3n) is 1.68. The van der Waals surface area contributed by atoms with Crippen LogP contribution in [0.4, 0.5) is 13.2 Å². The highest BCUT2D eigenvalue weighted by atomic mass is 79.9. The fraction of sp³-hybridized carbons (Fsp3) is 0.429. The van der Waals surface area contributed by atoms with Crippen LogP contribution in [-0.4, -0.2) is 11.0 Å². The lowest BCUT2D eigenvalue weighted by Crippen LogP contribution is -2.23. The van der Waals surface area contributed by atoms with Gasteiger partial charge in [0.2, 0.25) is 0 Å². The summed E-state index contributed by atoms with van der Waals surface area (Å²) in [5.41, 5.74) is 5.32. The van der Waals surface area contributed by atoms with Crippen molar-refractivity contribution in [2.24, 2.45) is 5.73 Å². The van der Waals surface area contributed by atoms with Crippen LogP contribution < -0.4 is 5.73 Å². The van der Waals surface area contributed by atoms with Gasteiger partial charge in [-0.05, 0) is 28.4 Å². The molecule has 6 heteroatoms. The standard InChI is InChI=1S/C7H6Br2F3N/c8-4-1-3(7(10,11)12)2-5(9)6(4)13/h1,5H,2,13H2. The van der Waals surface area contributed by atoms with Crippen molar-refractivity contribution in [3.8, 4) is 0 Å². The van der Waals surface area contributed by atoms with Gasteiger partial charge in [-0.15, -0.1) is 0 Å². The topological polar surface area (TPSA) is 26.0 Å². The number of halogens is 5. The largest absolute Gasteiger partial charge is 0.412 e. The summed E-state index contributed by atoms with van der Waals surface area (Å²) in [6.45, 7) is 0. The van der Waals surface area contributed by atoms with Crippen molar-refractivity contribution in [3.05, 3.63) is 21.8 Å². The van der Waals surface area contributed by atoms with Gasteiger partial charge in [0.05, 0.1) is 4.83 Å². The molecule has 0 bridgehead atoms. The Bertz CT molecular complexity index is 280. The van der Waals surface area contributed by atoms with Crippen molar-refractivity contribution in [2.45, 2.75) is 17.4 Å². The Morgan fingerprint density at radius 3 is 2.38 bits per heavy atom. The molecule has 1 aliphatic rings. The van der Waals surface area contributed by atoms with Crippen LogP contribution in [-0.2, 0) is 0 Å². The number of rotatable bonds is 0. The van der Waals surface area contributed by atoms with Crippen LogP contribution in [0.15, 0.2) is 21.8 Å². The first kappa shape index (κ1) is 11.1. The molecule has 0 aliphatic heterocycles. The maximum atomic E-state index is 12.2. The van der Waals surface area contributed by atoms with Gasteiger partial charge in [0.25, 0.3) is 0 Å². The Hall–Kier alpha value is 0.0300. The van der Waals surface area contributed by atoms with Crippen LogP contribution in [0.25, 0.3) is 0 Å². The lowest BCUT2D eigenvalue weighted by atomic mass is 10.0. The van der Waals surface area contributed by atoms with Gasteiger partial charge in [-0.2, -0.15) is 13.2 Å². The molecule has 13 heavy (non-hydrogen) atoms. The van der Waals surface area contributed by atoms with E-state index in [1.165, 1.54) is 0 Å². The van der Waals surface area contributed by atoms with Gasteiger partial charge in [0.1, 0.15) is 0 Å². The van der Waals surface area contributed by atoms with Gasteiger partial charge in [-0.3, -0.25) is 0 Å². The van der Waals surface area contributed by atoms with Crippen molar-refractivity contribution >= 4 is 31.9 Å².